The minimum atomic E-state index is -1.29. The van der Waals surface area contributed by atoms with Gasteiger partial charge in [-0.3, -0.25) is 9.59 Å². The molecule has 7 nitrogen and oxygen atoms in total. The number of hydrogen-bond donors (Lipinski definition) is 3. The number of nitrogens with one attached hydrogen (secondary N) is 1. The lowest BCUT2D eigenvalue weighted by atomic mass is 10.1. The maximum Gasteiger partial charge on any atom is 0.326 e. The Labute approximate surface area is 125 Å². The lowest BCUT2D eigenvalue weighted by molar-refractivity contribution is -0.140. The maximum absolute atomic E-state index is 12.2. The summed E-state index contributed by atoms with van der Waals surface area (Å²) in [5.41, 5.74) is 1.14. The predicted octanol–water partition coefficient (Wildman–Crippen LogP) is 1.79. The standard InChI is InChI=1S/C15H15NO6/c1-8-9-4-2-3-5-11(9)22-13(8)14(19)16-10(15(20)21)6-7-12(17)18/h2-5,10H,6-7H2,1H3,(H,16,19)(H,17,18)(H,20,21)/t10-/m0/s1. The second-order valence-electron chi connectivity index (χ2n) is 4.85. The number of fused-ring (bicyclic) bond motifs is 1. The van der Waals surface area contributed by atoms with Gasteiger partial charge in [-0.2, -0.15) is 0 Å². The molecule has 0 aliphatic rings. The molecule has 2 rings (SSSR count). The molecule has 0 aliphatic heterocycles. The van der Waals surface area contributed by atoms with E-state index in [2.05, 4.69) is 5.32 Å². The summed E-state index contributed by atoms with van der Waals surface area (Å²) in [4.78, 5) is 33.8. The molecule has 1 amide bonds. The van der Waals surface area contributed by atoms with E-state index >= 15 is 0 Å². The SMILES string of the molecule is Cc1c(C(=O)N[C@@H](CCC(=O)O)C(=O)O)oc2ccccc12. The first-order chi connectivity index (χ1) is 10.4. The zero-order valence-corrected chi connectivity index (χ0v) is 11.8. The molecular weight excluding hydrogens is 290 g/mol. The average Bonchev–Trinajstić information content (AvgIpc) is 2.80. The lowest BCUT2D eigenvalue weighted by Gasteiger charge is -2.12. The van der Waals surface area contributed by atoms with E-state index in [0.717, 1.165) is 5.39 Å². The van der Waals surface area contributed by atoms with Crippen LogP contribution in [0.2, 0.25) is 0 Å². The van der Waals surface area contributed by atoms with Crippen LogP contribution in [-0.2, 0) is 9.59 Å². The molecule has 1 heterocycles. The minimum absolute atomic E-state index is 0.0303. The monoisotopic (exact) mass is 305 g/mol. The summed E-state index contributed by atoms with van der Waals surface area (Å²) in [6.45, 7) is 1.70. The fourth-order valence-electron chi connectivity index (χ4n) is 2.14. The number of benzene rings is 1. The van der Waals surface area contributed by atoms with Gasteiger partial charge in [0.1, 0.15) is 11.6 Å². The number of aliphatic carboxylic acids is 2. The number of amides is 1. The Hall–Kier alpha value is -2.83. The van der Waals surface area contributed by atoms with Crippen LogP contribution in [0.15, 0.2) is 28.7 Å². The van der Waals surface area contributed by atoms with Gasteiger partial charge in [-0.1, -0.05) is 18.2 Å². The summed E-state index contributed by atoms with van der Waals surface area (Å²) < 4.78 is 5.45. The van der Waals surface area contributed by atoms with E-state index in [1.807, 2.05) is 0 Å². The van der Waals surface area contributed by atoms with Crippen LogP contribution >= 0.6 is 0 Å². The van der Waals surface area contributed by atoms with E-state index in [0.29, 0.717) is 11.1 Å². The van der Waals surface area contributed by atoms with Gasteiger partial charge in [0, 0.05) is 17.4 Å². The Morgan fingerprint density at radius 2 is 1.91 bits per heavy atom. The van der Waals surface area contributed by atoms with Crippen LogP contribution in [0.4, 0.5) is 0 Å². The third-order valence-corrected chi connectivity index (χ3v) is 3.30. The molecule has 3 N–H and O–H groups in total. The Bertz CT molecular complexity index is 733. The Morgan fingerprint density at radius 1 is 1.23 bits per heavy atom. The number of carbonyl (C=O) groups is 3. The van der Waals surface area contributed by atoms with Gasteiger partial charge in [0.25, 0.3) is 5.91 Å². The number of hydrogen-bond acceptors (Lipinski definition) is 4. The average molecular weight is 305 g/mol. The van der Waals surface area contributed by atoms with E-state index in [1.54, 1.807) is 31.2 Å². The quantitative estimate of drug-likeness (QED) is 0.749. The number of aryl methyl sites for hydroxylation is 1. The highest BCUT2D eigenvalue weighted by molar-refractivity contribution is 6.00. The molecule has 0 saturated carbocycles. The first-order valence-electron chi connectivity index (χ1n) is 6.63. The van der Waals surface area contributed by atoms with Crippen LogP contribution in [0.1, 0.15) is 29.0 Å². The predicted molar refractivity (Wildman–Crippen MR) is 76.7 cm³/mol. The fraction of sp³-hybridized carbons (Fsp3) is 0.267. The van der Waals surface area contributed by atoms with Gasteiger partial charge < -0.3 is 19.9 Å². The maximum atomic E-state index is 12.2. The van der Waals surface area contributed by atoms with Crippen LogP contribution in [0.5, 0.6) is 0 Å². The topological polar surface area (TPSA) is 117 Å². The molecular formula is C15H15NO6. The van der Waals surface area contributed by atoms with Gasteiger partial charge in [0.05, 0.1) is 0 Å². The summed E-state index contributed by atoms with van der Waals surface area (Å²) in [6.07, 6.45) is -0.550. The summed E-state index contributed by atoms with van der Waals surface area (Å²) >= 11 is 0. The van der Waals surface area contributed by atoms with Crippen molar-refractivity contribution in [2.24, 2.45) is 0 Å². The van der Waals surface area contributed by atoms with Crippen LogP contribution < -0.4 is 5.32 Å². The van der Waals surface area contributed by atoms with Gasteiger partial charge in [-0.05, 0) is 19.4 Å². The van der Waals surface area contributed by atoms with Crippen molar-refractivity contribution in [2.45, 2.75) is 25.8 Å². The molecule has 0 fully saturated rings. The highest BCUT2D eigenvalue weighted by Gasteiger charge is 2.25. The van der Waals surface area contributed by atoms with E-state index in [1.165, 1.54) is 0 Å². The van der Waals surface area contributed by atoms with Gasteiger partial charge >= 0.3 is 11.9 Å². The van der Waals surface area contributed by atoms with E-state index in [4.69, 9.17) is 14.6 Å². The molecule has 7 heteroatoms. The molecule has 0 saturated heterocycles. The van der Waals surface area contributed by atoms with Gasteiger partial charge in [0.2, 0.25) is 0 Å². The third-order valence-electron chi connectivity index (χ3n) is 3.30. The summed E-state index contributed by atoms with van der Waals surface area (Å²) in [6, 6.07) is 5.79. The normalized spacial score (nSPS) is 12.0. The van der Waals surface area contributed by atoms with Crippen LogP contribution in [0, 0.1) is 6.92 Å². The van der Waals surface area contributed by atoms with E-state index < -0.39 is 23.9 Å². The first kappa shape index (κ1) is 15.6. The molecule has 22 heavy (non-hydrogen) atoms. The van der Waals surface area contributed by atoms with Crippen molar-refractivity contribution in [1.82, 2.24) is 5.32 Å². The highest BCUT2D eigenvalue weighted by Crippen LogP contribution is 2.24. The van der Waals surface area contributed by atoms with E-state index in [9.17, 15) is 14.4 Å². The second-order valence-corrected chi connectivity index (χ2v) is 4.85. The second kappa shape index (κ2) is 6.30. The van der Waals surface area contributed by atoms with Crippen molar-refractivity contribution >= 4 is 28.8 Å². The van der Waals surface area contributed by atoms with Crippen molar-refractivity contribution in [1.29, 1.82) is 0 Å². The van der Waals surface area contributed by atoms with Crippen molar-refractivity contribution < 1.29 is 29.0 Å². The van der Waals surface area contributed by atoms with E-state index in [-0.39, 0.29) is 18.6 Å². The van der Waals surface area contributed by atoms with Crippen LogP contribution in [0.25, 0.3) is 11.0 Å². The lowest BCUT2D eigenvalue weighted by Crippen LogP contribution is -2.41. The number of furan rings is 1. The molecule has 1 aromatic heterocycles. The van der Waals surface area contributed by atoms with Crippen molar-refractivity contribution in [3.05, 3.63) is 35.6 Å². The Kier molecular flexibility index (Phi) is 4.45. The molecule has 0 unspecified atom stereocenters. The molecule has 0 radical (unpaired) electrons. The molecule has 2 aromatic rings. The van der Waals surface area contributed by atoms with Crippen molar-refractivity contribution in [3.63, 3.8) is 0 Å². The fourth-order valence-corrected chi connectivity index (χ4v) is 2.14. The summed E-state index contributed by atoms with van der Waals surface area (Å²) in [5, 5.41) is 20.7. The number of carboxylic acids is 2. The third kappa shape index (κ3) is 3.25. The molecule has 0 spiro atoms. The minimum Gasteiger partial charge on any atom is -0.481 e. The Balaban J connectivity index is 2.20. The molecule has 1 aromatic carbocycles. The van der Waals surface area contributed by atoms with Crippen LogP contribution in [-0.4, -0.2) is 34.1 Å². The van der Waals surface area contributed by atoms with Crippen LogP contribution in [0.3, 0.4) is 0 Å². The van der Waals surface area contributed by atoms with Crippen molar-refractivity contribution in [3.8, 4) is 0 Å². The van der Waals surface area contributed by atoms with Crippen molar-refractivity contribution in [2.75, 3.05) is 0 Å². The number of para-hydroxylation sites is 1. The molecule has 116 valence electrons. The van der Waals surface area contributed by atoms with Gasteiger partial charge in [0.15, 0.2) is 5.76 Å². The summed E-state index contributed by atoms with van der Waals surface area (Å²) in [7, 11) is 0. The van der Waals surface area contributed by atoms with Gasteiger partial charge in [-0.25, -0.2) is 4.79 Å². The number of carbonyl (C=O) groups excluding carboxylic acids is 1. The van der Waals surface area contributed by atoms with Gasteiger partial charge in [-0.15, -0.1) is 0 Å². The molecule has 0 aliphatic carbocycles. The first-order valence-corrected chi connectivity index (χ1v) is 6.63. The number of rotatable bonds is 6. The smallest absolute Gasteiger partial charge is 0.326 e. The summed E-state index contributed by atoms with van der Waals surface area (Å²) in [5.74, 6) is -3.06. The molecule has 0 bridgehead atoms. The zero-order chi connectivity index (χ0) is 16.3. The molecule has 1 atom stereocenters. The zero-order valence-electron chi connectivity index (χ0n) is 11.8. The largest absolute Gasteiger partial charge is 0.481 e. The highest BCUT2D eigenvalue weighted by atomic mass is 16.4. The Morgan fingerprint density at radius 3 is 2.50 bits per heavy atom. The number of carboxylic acid groups (broad SMARTS) is 2.